The van der Waals surface area contributed by atoms with Crippen LogP contribution >= 0.6 is 12.6 Å². The van der Waals surface area contributed by atoms with Crippen molar-refractivity contribution in [3.63, 3.8) is 0 Å². The van der Waals surface area contributed by atoms with Crippen LogP contribution in [0.25, 0.3) is 0 Å². The summed E-state index contributed by atoms with van der Waals surface area (Å²) in [6.07, 6.45) is 0. The molecular formula is C14H13NO2S. The first kappa shape index (κ1) is 14.0. The fourth-order valence-corrected chi connectivity index (χ4v) is 1.33. The molecule has 3 nitrogen and oxygen atoms in total. The maximum atomic E-state index is 10.5. The van der Waals surface area contributed by atoms with E-state index in [2.05, 4.69) is 12.6 Å². The number of hydrogen-bond acceptors (Lipinski definition) is 2. The monoisotopic (exact) mass is 259 g/mol. The van der Waals surface area contributed by atoms with E-state index in [-0.39, 0.29) is 11.0 Å². The van der Waals surface area contributed by atoms with Crippen molar-refractivity contribution in [3.8, 4) is 0 Å². The normalized spacial score (nSPS) is 8.94. The molecule has 0 heterocycles. The van der Waals surface area contributed by atoms with E-state index in [9.17, 15) is 9.59 Å². The van der Waals surface area contributed by atoms with E-state index in [0.717, 1.165) is 0 Å². The summed E-state index contributed by atoms with van der Waals surface area (Å²) in [5.41, 5.74) is 6.17. The minimum atomic E-state index is -0.379. The van der Waals surface area contributed by atoms with E-state index >= 15 is 0 Å². The van der Waals surface area contributed by atoms with Crippen LogP contribution in [0.15, 0.2) is 60.7 Å². The molecule has 2 N–H and O–H groups in total. The Labute approximate surface area is 111 Å². The van der Waals surface area contributed by atoms with E-state index in [4.69, 9.17) is 5.73 Å². The van der Waals surface area contributed by atoms with Gasteiger partial charge in [-0.15, -0.1) is 12.6 Å². The van der Waals surface area contributed by atoms with Crippen molar-refractivity contribution in [1.82, 2.24) is 0 Å². The Morgan fingerprint density at radius 3 is 1.39 bits per heavy atom. The Hall–Kier alpha value is -2.07. The van der Waals surface area contributed by atoms with E-state index in [1.807, 2.05) is 24.3 Å². The summed E-state index contributed by atoms with van der Waals surface area (Å²) < 4.78 is 0. The standard InChI is InChI=1S/C7H7NO.C7H6OS/c2*8-7(9)6-4-2-1-3-5-6/h1-5H,(H2,8,9);1-5H,(H,8,9). The van der Waals surface area contributed by atoms with Crippen LogP contribution in [0.1, 0.15) is 20.7 Å². The summed E-state index contributed by atoms with van der Waals surface area (Å²) in [7, 11) is 0. The number of nitrogens with two attached hydrogens (primary N) is 1. The van der Waals surface area contributed by atoms with Crippen molar-refractivity contribution in [3.05, 3.63) is 71.8 Å². The van der Waals surface area contributed by atoms with Gasteiger partial charge in [0, 0.05) is 11.1 Å². The largest absolute Gasteiger partial charge is 0.366 e. The predicted molar refractivity (Wildman–Crippen MR) is 74.7 cm³/mol. The van der Waals surface area contributed by atoms with E-state index in [1.165, 1.54) is 0 Å². The molecule has 0 saturated heterocycles. The van der Waals surface area contributed by atoms with Gasteiger partial charge in [0.15, 0.2) is 0 Å². The zero-order chi connectivity index (χ0) is 13.4. The van der Waals surface area contributed by atoms with Crippen LogP contribution in [0.5, 0.6) is 0 Å². The Bertz CT molecular complexity index is 462. The van der Waals surface area contributed by atoms with Gasteiger partial charge in [0.05, 0.1) is 0 Å². The molecule has 0 saturated carbocycles. The highest BCUT2D eigenvalue weighted by atomic mass is 32.1. The molecule has 2 rings (SSSR count). The molecule has 0 aliphatic heterocycles. The van der Waals surface area contributed by atoms with Crippen LogP contribution in [0, 0.1) is 0 Å². The minimum absolute atomic E-state index is 0.185. The van der Waals surface area contributed by atoms with Crippen LogP contribution in [0.4, 0.5) is 0 Å². The number of rotatable bonds is 2. The molecule has 0 aliphatic carbocycles. The smallest absolute Gasteiger partial charge is 0.248 e. The van der Waals surface area contributed by atoms with E-state index in [0.29, 0.717) is 11.1 Å². The molecule has 18 heavy (non-hydrogen) atoms. The Balaban J connectivity index is 0.000000180. The second-order valence-corrected chi connectivity index (χ2v) is 3.81. The van der Waals surface area contributed by atoms with Gasteiger partial charge in [-0.3, -0.25) is 9.59 Å². The van der Waals surface area contributed by atoms with Crippen molar-refractivity contribution in [2.24, 2.45) is 5.73 Å². The quantitative estimate of drug-likeness (QED) is 0.814. The summed E-state index contributed by atoms with van der Waals surface area (Å²) in [5.74, 6) is -0.379. The lowest BCUT2D eigenvalue weighted by Crippen LogP contribution is -2.09. The zero-order valence-electron chi connectivity index (χ0n) is 9.61. The van der Waals surface area contributed by atoms with Crippen LogP contribution in [-0.2, 0) is 0 Å². The first-order valence-electron chi connectivity index (χ1n) is 5.24. The third kappa shape index (κ3) is 4.84. The van der Waals surface area contributed by atoms with E-state index in [1.54, 1.807) is 36.4 Å². The van der Waals surface area contributed by atoms with Gasteiger partial charge in [-0.05, 0) is 12.1 Å². The molecule has 0 fully saturated rings. The summed E-state index contributed by atoms with van der Waals surface area (Å²) in [6, 6.07) is 17.7. The van der Waals surface area contributed by atoms with Gasteiger partial charge in [0.1, 0.15) is 0 Å². The maximum absolute atomic E-state index is 10.5. The molecule has 92 valence electrons. The molecule has 0 bridgehead atoms. The summed E-state index contributed by atoms with van der Waals surface area (Å²) in [4.78, 5) is 20.9. The van der Waals surface area contributed by atoms with Gasteiger partial charge in [-0.2, -0.15) is 0 Å². The zero-order valence-corrected chi connectivity index (χ0v) is 10.5. The lowest BCUT2D eigenvalue weighted by atomic mass is 10.2. The number of thiol groups is 1. The second kappa shape index (κ2) is 7.29. The molecule has 0 aromatic heterocycles. The lowest BCUT2D eigenvalue weighted by Gasteiger charge is -1.89. The Morgan fingerprint density at radius 2 is 1.17 bits per heavy atom. The number of carbonyl (C=O) groups excluding carboxylic acids is 2. The Morgan fingerprint density at radius 1 is 0.778 bits per heavy atom. The highest BCUT2D eigenvalue weighted by Crippen LogP contribution is 2.00. The summed E-state index contributed by atoms with van der Waals surface area (Å²) in [5, 5.41) is -0.185. The molecule has 2 aromatic rings. The van der Waals surface area contributed by atoms with Crippen LogP contribution in [0.2, 0.25) is 0 Å². The SMILES string of the molecule is NC(=O)c1ccccc1.O=C(S)c1ccccc1. The Kier molecular flexibility index (Phi) is 5.67. The van der Waals surface area contributed by atoms with Crippen molar-refractivity contribution in [2.45, 2.75) is 0 Å². The lowest BCUT2D eigenvalue weighted by molar-refractivity contribution is 0.0999. The maximum Gasteiger partial charge on any atom is 0.248 e. The van der Waals surface area contributed by atoms with Crippen molar-refractivity contribution in [2.75, 3.05) is 0 Å². The molecule has 0 radical (unpaired) electrons. The highest BCUT2D eigenvalue weighted by Gasteiger charge is 1.94. The molecule has 1 amide bonds. The van der Waals surface area contributed by atoms with Crippen molar-refractivity contribution >= 4 is 23.7 Å². The van der Waals surface area contributed by atoms with Gasteiger partial charge >= 0.3 is 0 Å². The van der Waals surface area contributed by atoms with Gasteiger partial charge < -0.3 is 5.73 Å². The fraction of sp³-hybridized carbons (Fsp3) is 0. The second-order valence-electron chi connectivity index (χ2n) is 3.40. The number of carbonyl (C=O) groups is 2. The van der Waals surface area contributed by atoms with E-state index < -0.39 is 0 Å². The number of hydrogen-bond donors (Lipinski definition) is 2. The minimum Gasteiger partial charge on any atom is -0.366 e. The molecular weight excluding hydrogens is 246 g/mol. The molecule has 4 heteroatoms. The predicted octanol–water partition coefficient (Wildman–Crippen LogP) is 2.54. The van der Waals surface area contributed by atoms with Gasteiger partial charge in [-0.25, -0.2) is 0 Å². The average Bonchev–Trinajstić information content (AvgIpc) is 2.41. The first-order chi connectivity index (χ1) is 8.61. The van der Waals surface area contributed by atoms with Crippen LogP contribution in [0.3, 0.4) is 0 Å². The average molecular weight is 259 g/mol. The van der Waals surface area contributed by atoms with Crippen molar-refractivity contribution in [1.29, 1.82) is 0 Å². The molecule has 0 atom stereocenters. The fourth-order valence-electron chi connectivity index (χ4n) is 1.18. The summed E-state index contributed by atoms with van der Waals surface area (Å²) in [6.45, 7) is 0. The van der Waals surface area contributed by atoms with Gasteiger partial charge in [-0.1, -0.05) is 48.5 Å². The number of primary amides is 1. The number of amides is 1. The third-order valence-corrected chi connectivity index (χ3v) is 2.34. The molecule has 0 spiro atoms. The summed E-state index contributed by atoms with van der Waals surface area (Å²) >= 11 is 3.65. The van der Waals surface area contributed by atoms with Gasteiger partial charge in [0.2, 0.25) is 11.0 Å². The third-order valence-electron chi connectivity index (χ3n) is 2.08. The molecule has 0 unspecified atom stereocenters. The van der Waals surface area contributed by atoms with Crippen molar-refractivity contribution < 1.29 is 9.59 Å². The van der Waals surface area contributed by atoms with Crippen LogP contribution < -0.4 is 5.73 Å². The van der Waals surface area contributed by atoms with Crippen LogP contribution in [-0.4, -0.2) is 11.0 Å². The molecule has 2 aromatic carbocycles. The molecule has 0 aliphatic rings. The first-order valence-corrected chi connectivity index (χ1v) is 5.69. The topological polar surface area (TPSA) is 60.2 Å². The van der Waals surface area contributed by atoms with Gasteiger partial charge in [0.25, 0.3) is 0 Å². The highest BCUT2D eigenvalue weighted by molar-refractivity contribution is 7.97. The number of benzene rings is 2.